The van der Waals surface area contributed by atoms with E-state index in [9.17, 15) is 23.1 Å². The lowest BCUT2D eigenvalue weighted by Gasteiger charge is -2.19. The highest BCUT2D eigenvalue weighted by Crippen LogP contribution is 2.54. The summed E-state index contributed by atoms with van der Waals surface area (Å²) in [5.41, 5.74) is 0.858. The summed E-state index contributed by atoms with van der Waals surface area (Å²) < 4.78 is 50.3. The van der Waals surface area contributed by atoms with Crippen molar-refractivity contribution in [3.8, 4) is 11.5 Å². The Bertz CT molecular complexity index is 1140. The maximum Gasteiger partial charge on any atom is 0.416 e. The highest BCUT2D eigenvalue weighted by molar-refractivity contribution is 6.32. The molecule has 0 spiro atoms. The molecule has 0 unspecified atom stereocenters. The number of halogens is 4. The van der Waals surface area contributed by atoms with Crippen LogP contribution in [0.3, 0.4) is 0 Å². The Morgan fingerprint density at radius 1 is 1.12 bits per heavy atom. The molecule has 8 heteroatoms. The molecule has 4 atom stereocenters. The van der Waals surface area contributed by atoms with Crippen molar-refractivity contribution >= 4 is 23.0 Å². The normalized spacial score (nSPS) is 26.7. The van der Waals surface area contributed by atoms with Crippen LogP contribution in [0.4, 0.5) is 13.2 Å². The number of ether oxygens (including phenoxy) is 2. The highest BCUT2D eigenvalue weighted by Gasteiger charge is 2.59. The lowest BCUT2D eigenvalue weighted by atomic mass is 9.80. The number of rotatable bonds is 4. The zero-order chi connectivity index (χ0) is 22.8. The number of benzene rings is 2. The topological polar surface area (TPSA) is 55.8 Å². The van der Waals surface area contributed by atoms with Gasteiger partial charge < -0.3 is 14.6 Å². The van der Waals surface area contributed by atoms with Crippen LogP contribution in [0.25, 0.3) is 5.57 Å². The van der Waals surface area contributed by atoms with Gasteiger partial charge in [-0.15, -0.1) is 0 Å². The maximum atomic E-state index is 13.2. The van der Waals surface area contributed by atoms with Crippen LogP contribution in [0.15, 0.2) is 42.2 Å². The molecule has 4 nitrogen and oxygen atoms in total. The Hall–Kier alpha value is -2.51. The third-order valence-corrected chi connectivity index (χ3v) is 6.91. The van der Waals surface area contributed by atoms with Gasteiger partial charge in [-0.3, -0.25) is 4.79 Å². The van der Waals surface area contributed by atoms with E-state index in [0.29, 0.717) is 23.3 Å². The monoisotopic (exact) mass is 464 g/mol. The third kappa shape index (κ3) is 3.30. The number of carbonyl (C=O) groups excluding carboxylic acids is 1. The van der Waals surface area contributed by atoms with Crippen molar-refractivity contribution in [2.75, 3.05) is 0 Å². The van der Waals surface area contributed by atoms with Crippen molar-refractivity contribution in [3.63, 3.8) is 0 Å². The van der Waals surface area contributed by atoms with Gasteiger partial charge >= 0.3 is 6.18 Å². The molecule has 0 saturated carbocycles. The summed E-state index contributed by atoms with van der Waals surface area (Å²) in [6, 6.07) is 7.96. The number of aliphatic hydroxyl groups is 1. The number of hydrogen-bond acceptors (Lipinski definition) is 4. The first-order chi connectivity index (χ1) is 15.2. The second-order valence-corrected chi connectivity index (χ2v) is 8.79. The lowest BCUT2D eigenvalue weighted by Crippen LogP contribution is -2.29. The van der Waals surface area contributed by atoms with E-state index in [0.717, 1.165) is 36.6 Å². The van der Waals surface area contributed by atoms with Gasteiger partial charge in [0.15, 0.2) is 5.78 Å². The Morgan fingerprint density at radius 3 is 2.47 bits per heavy atom. The van der Waals surface area contributed by atoms with Crippen LogP contribution in [-0.2, 0) is 22.1 Å². The van der Waals surface area contributed by atoms with Gasteiger partial charge in [0.2, 0.25) is 0 Å². The molecule has 32 heavy (non-hydrogen) atoms. The van der Waals surface area contributed by atoms with E-state index in [-0.39, 0.29) is 46.4 Å². The number of hydrogen-bond donors (Lipinski definition) is 1. The molecule has 0 aromatic heterocycles. The summed E-state index contributed by atoms with van der Waals surface area (Å²) in [6.45, 7) is 1.94. The number of aliphatic hydroxyl groups excluding tert-OH is 1. The first kappa shape index (κ1) is 21.3. The molecule has 168 valence electrons. The van der Waals surface area contributed by atoms with Crippen LogP contribution in [0.1, 0.15) is 36.5 Å². The molecule has 0 amide bonds. The Morgan fingerprint density at radius 2 is 1.84 bits per heavy atom. The fourth-order valence-electron chi connectivity index (χ4n) is 5.14. The van der Waals surface area contributed by atoms with Gasteiger partial charge in [0, 0.05) is 0 Å². The zero-order valence-electron chi connectivity index (χ0n) is 17.1. The number of allylic oxidation sites excluding steroid dienone is 1. The van der Waals surface area contributed by atoms with Crippen molar-refractivity contribution in [2.24, 2.45) is 11.8 Å². The summed E-state index contributed by atoms with van der Waals surface area (Å²) in [7, 11) is 0. The minimum atomic E-state index is -4.51. The van der Waals surface area contributed by atoms with E-state index in [1.807, 2.05) is 6.92 Å². The van der Waals surface area contributed by atoms with Gasteiger partial charge in [-0.2, -0.15) is 13.2 Å². The molecule has 2 aromatic rings. The van der Waals surface area contributed by atoms with E-state index in [4.69, 9.17) is 21.1 Å². The molecule has 5 rings (SSSR count). The summed E-state index contributed by atoms with van der Waals surface area (Å²) in [6.07, 6.45) is -2.54. The molecule has 2 aromatic carbocycles. The van der Waals surface area contributed by atoms with Crippen LogP contribution in [0.2, 0.25) is 5.02 Å². The molecule has 1 aliphatic carbocycles. The number of carbonyl (C=O) groups is 1. The molecular formula is C24H20ClF3O4. The molecular weight excluding hydrogens is 445 g/mol. The summed E-state index contributed by atoms with van der Waals surface area (Å²) in [5, 5.41) is 10.8. The molecule has 2 bridgehead atoms. The van der Waals surface area contributed by atoms with Gasteiger partial charge in [-0.25, -0.2) is 0 Å². The van der Waals surface area contributed by atoms with Gasteiger partial charge in [0.05, 0.1) is 40.2 Å². The van der Waals surface area contributed by atoms with Crippen molar-refractivity contribution in [2.45, 2.75) is 44.6 Å². The number of fused-ring (bicyclic) bond motifs is 5. The predicted molar refractivity (Wildman–Crippen MR) is 112 cm³/mol. The van der Waals surface area contributed by atoms with Crippen LogP contribution in [-0.4, -0.2) is 23.1 Å². The van der Waals surface area contributed by atoms with E-state index in [1.54, 1.807) is 18.2 Å². The van der Waals surface area contributed by atoms with Crippen molar-refractivity contribution in [3.05, 3.63) is 63.9 Å². The quantitative estimate of drug-likeness (QED) is 0.572. The largest absolute Gasteiger partial charge is 0.511 e. The minimum absolute atomic E-state index is 0.0617. The second-order valence-electron chi connectivity index (χ2n) is 8.38. The molecule has 0 radical (unpaired) electrons. The number of aryl methyl sites for hydroxylation is 1. The van der Waals surface area contributed by atoms with E-state index >= 15 is 0 Å². The standard InChI is InChI=1S/C24H20ClF3O4/c1-2-11-3-5-13(31-16-6-4-12(9-15(16)25)24(26,27)28)10-14(11)19-22(29)20-17-7-8-18(32-17)21(20)23(19)30/h3-6,9-10,17-18,20-21,29H,2,7-8H2,1H3/t17-,18+,20-,21+/m0/s1. The second kappa shape index (κ2) is 7.52. The summed E-state index contributed by atoms with van der Waals surface area (Å²) >= 11 is 6.02. The van der Waals surface area contributed by atoms with Gasteiger partial charge in [0.25, 0.3) is 0 Å². The average molecular weight is 465 g/mol. The maximum absolute atomic E-state index is 13.2. The highest BCUT2D eigenvalue weighted by atomic mass is 35.5. The SMILES string of the molecule is CCc1ccc(Oc2ccc(C(F)(F)F)cc2Cl)cc1C1=C(O)[C@@H]2[C@H](C1=O)[C@H]1CC[C@@H]2O1. The van der Waals surface area contributed by atoms with Crippen molar-refractivity contribution in [1.82, 2.24) is 0 Å². The van der Waals surface area contributed by atoms with Crippen molar-refractivity contribution < 1.29 is 32.5 Å². The molecule has 1 N–H and O–H groups in total. The van der Waals surface area contributed by atoms with Crippen LogP contribution < -0.4 is 4.74 Å². The Balaban J connectivity index is 1.50. The zero-order valence-corrected chi connectivity index (χ0v) is 17.8. The van der Waals surface area contributed by atoms with Crippen LogP contribution in [0.5, 0.6) is 11.5 Å². The van der Waals surface area contributed by atoms with Crippen LogP contribution in [0, 0.1) is 11.8 Å². The summed E-state index contributed by atoms with van der Waals surface area (Å²) in [4.78, 5) is 13.2. The molecule has 2 heterocycles. The lowest BCUT2D eigenvalue weighted by molar-refractivity contribution is -0.137. The van der Waals surface area contributed by atoms with E-state index in [1.165, 1.54) is 0 Å². The minimum Gasteiger partial charge on any atom is -0.511 e. The number of alkyl halides is 3. The Kier molecular flexibility index (Phi) is 5.02. The summed E-state index contributed by atoms with van der Waals surface area (Å²) in [5.74, 6) is -0.361. The fourth-order valence-corrected chi connectivity index (χ4v) is 5.35. The van der Waals surface area contributed by atoms with E-state index < -0.39 is 11.7 Å². The molecule has 3 aliphatic rings. The van der Waals surface area contributed by atoms with Gasteiger partial charge in [0.1, 0.15) is 17.3 Å². The van der Waals surface area contributed by atoms with E-state index in [2.05, 4.69) is 0 Å². The average Bonchev–Trinajstić information content (AvgIpc) is 3.42. The Labute approximate surface area is 187 Å². The van der Waals surface area contributed by atoms with Crippen molar-refractivity contribution in [1.29, 1.82) is 0 Å². The van der Waals surface area contributed by atoms with Crippen LogP contribution >= 0.6 is 11.6 Å². The number of Topliss-reactive ketones (excluding diaryl/α,β-unsaturated/α-hetero) is 1. The molecule has 2 fully saturated rings. The smallest absolute Gasteiger partial charge is 0.416 e. The first-order valence-electron chi connectivity index (χ1n) is 10.5. The fraction of sp³-hybridized carbons (Fsp3) is 0.375. The van der Waals surface area contributed by atoms with Gasteiger partial charge in [-0.05, 0) is 60.7 Å². The first-order valence-corrected chi connectivity index (χ1v) is 10.9. The third-order valence-electron chi connectivity index (χ3n) is 6.61. The predicted octanol–water partition coefficient (Wildman–Crippen LogP) is 6.36. The molecule has 2 aliphatic heterocycles. The number of ketones is 1. The molecule has 2 saturated heterocycles. The van der Waals surface area contributed by atoms with Gasteiger partial charge in [-0.1, -0.05) is 24.6 Å².